The van der Waals surface area contributed by atoms with Crippen molar-refractivity contribution in [2.24, 2.45) is 0 Å². The molecule has 0 aliphatic carbocycles. The number of nitrogens with zero attached hydrogens (tertiary/aromatic N) is 2. The smallest absolute Gasteiger partial charge is 0.270 e. The summed E-state index contributed by atoms with van der Waals surface area (Å²) in [6.07, 6.45) is 1.72. The number of hydrogen-bond acceptors (Lipinski definition) is 7. The van der Waals surface area contributed by atoms with Gasteiger partial charge in [-0.05, 0) is 55.0 Å². The lowest BCUT2D eigenvalue weighted by Crippen LogP contribution is -2.43. The molecule has 178 valence electrons. The Kier molecular flexibility index (Phi) is 7.81. The molecule has 2 amide bonds. The number of halogens is 1. The van der Waals surface area contributed by atoms with Gasteiger partial charge in [0.2, 0.25) is 0 Å². The maximum absolute atomic E-state index is 13.3. The van der Waals surface area contributed by atoms with E-state index in [0.29, 0.717) is 59.3 Å². The normalized spacial score (nSPS) is 17.4. The van der Waals surface area contributed by atoms with E-state index in [9.17, 15) is 14.0 Å². The van der Waals surface area contributed by atoms with Crippen LogP contribution in [0.1, 0.15) is 12.5 Å². The van der Waals surface area contributed by atoms with Gasteiger partial charge in [-0.2, -0.15) is 0 Å². The summed E-state index contributed by atoms with van der Waals surface area (Å²) < 4.78 is 30.3. The van der Waals surface area contributed by atoms with Crippen molar-refractivity contribution < 1.29 is 28.2 Å². The predicted molar refractivity (Wildman–Crippen MR) is 133 cm³/mol. The van der Waals surface area contributed by atoms with Crippen LogP contribution in [0.15, 0.2) is 47.4 Å². The highest BCUT2D eigenvalue weighted by Crippen LogP contribution is 2.37. The number of amides is 2. The monoisotopic (exact) mass is 502 g/mol. The van der Waals surface area contributed by atoms with Crippen LogP contribution in [0.2, 0.25) is 0 Å². The van der Waals surface area contributed by atoms with E-state index < -0.39 is 0 Å². The second-order valence-corrected chi connectivity index (χ2v) is 9.09. The fourth-order valence-corrected chi connectivity index (χ4v) is 4.78. The van der Waals surface area contributed by atoms with Crippen molar-refractivity contribution in [1.82, 2.24) is 4.90 Å². The molecule has 34 heavy (non-hydrogen) atoms. The number of carbonyl (C=O) groups excluding carboxylic acids is 2. The topological polar surface area (TPSA) is 68.3 Å². The lowest BCUT2D eigenvalue weighted by Gasteiger charge is -2.26. The van der Waals surface area contributed by atoms with Crippen LogP contribution in [-0.2, 0) is 14.3 Å². The molecule has 10 heteroatoms. The maximum atomic E-state index is 13.3. The average Bonchev–Trinajstić information content (AvgIpc) is 3.12. The molecule has 0 N–H and O–H groups in total. The van der Waals surface area contributed by atoms with Gasteiger partial charge < -0.3 is 19.1 Å². The first-order valence-corrected chi connectivity index (χ1v) is 12.0. The first kappa shape index (κ1) is 24.2. The molecule has 2 fully saturated rings. The molecule has 2 aromatic carbocycles. The number of ether oxygens (including phenoxy) is 3. The number of hydrogen-bond donors (Lipinski definition) is 0. The highest BCUT2D eigenvalue weighted by atomic mass is 32.2. The van der Waals surface area contributed by atoms with Crippen LogP contribution in [0, 0.1) is 5.82 Å². The standard InChI is InChI=1S/C24H23FN2O5S2/c1-2-31-20-13-16(3-8-19(20)32-15-22(28)26-9-11-30-12-10-26)14-21-23(29)27(24(33)34-21)18-6-4-17(25)5-7-18/h3-8,13-14H,2,9-12,15H2,1H3/b21-14-. The molecule has 0 atom stereocenters. The lowest BCUT2D eigenvalue weighted by molar-refractivity contribution is -0.137. The number of rotatable bonds is 7. The minimum Gasteiger partial charge on any atom is -0.490 e. The van der Waals surface area contributed by atoms with E-state index >= 15 is 0 Å². The van der Waals surface area contributed by atoms with Crippen molar-refractivity contribution in [3.8, 4) is 11.5 Å². The molecule has 0 spiro atoms. The van der Waals surface area contributed by atoms with E-state index in [1.165, 1.54) is 40.9 Å². The van der Waals surface area contributed by atoms with Gasteiger partial charge >= 0.3 is 0 Å². The summed E-state index contributed by atoms with van der Waals surface area (Å²) in [5.41, 5.74) is 1.23. The lowest BCUT2D eigenvalue weighted by atomic mass is 10.1. The van der Waals surface area contributed by atoms with Crippen molar-refractivity contribution in [2.45, 2.75) is 6.92 Å². The van der Waals surface area contributed by atoms with Crippen LogP contribution in [0.3, 0.4) is 0 Å². The minimum atomic E-state index is -0.387. The summed E-state index contributed by atoms with van der Waals surface area (Å²) in [5, 5.41) is 0. The Hall–Kier alpha value is -2.95. The molecular weight excluding hydrogens is 479 g/mol. The van der Waals surface area contributed by atoms with Crippen molar-refractivity contribution in [2.75, 3.05) is 44.4 Å². The van der Waals surface area contributed by atoms with Gasteiger partial charge in [0.25, 0.3) is 11.8 Å². The average molecular weight is 503 g/mol. The summed E-state index contributed by atoms with van der Waals surface area (Å²) in [6.45, 7) is 4.31. The van der Waals surface area contributed by atoms with Crippen LogP contribution in [0.5, 0.6) is 11.5 Å². The molecule has 0 unspecified atom stereocenters. The second-order valence-electron chi connectivity index (χ2n) is 7.41. The molecule has 2 aliphatic rings. The maximum Gasteiger partial charge on any atom is 0.270 e. The molecule has 2 aromatic rings. The Balaban J connectivity index is 1.49. The number of anilines is 1. The van der Waals surface area contributed by atoms with Gasteiger partial charge in [0.15, 0.2) is 22.4 Å². The zero-order chi connectivity index (χ0) is 24.1. The molecule has 7 nitrogen and oxygen atoms in total. The fourth-order valence-electron chi connectivity index (χ4n) is 3.48. The molecule has 0 saturated carbocycles. The van der Waals surface area contributed by atoms with Crippen molar-refractivity contribution >= 4 is 51.9 Å². The number of carbonyl (C=O) groups is 2. The van der Waals surface area contributed by atoms with Crippen molar-refractivity contribution in [1.29, 1.82) is 0 Å². The Labute approximate surface area is 206 Å². The van der Waals surface area contributed by atoms with E-state index in [-0.39, 0.29) is 24.2 Å². The van der Waals surface area contributed by atoms with Gasteiger partial charge in [-0.3, -0.25) is 14.5 Å². The zero-order valence-electron chi connectivity index (χ0n) is 18.5. The molecular formula is C24H23FN2O5S2. The van der Waals surface area contributed by atoms with Gasteiger partial charge in [-0.15, -0.1) is 0 Å². The highest BCUT2D eigenvalue weighted by Gasteiger charge is 2.33. The summed E-state index contributed by atoms with van der Waals surface area (Å²) in [5.74, 6) is 0.136. The van der Waals surface area contributed by atoms with Crippen LogP contribution < -0.4 is 14.4 Å². The Morgan fingerprint density at radius 1 is 1.15 bits per heavy atom. The van der Waals surface area contributed by atoms with Gasteiger partial charge in [0, 0.05) is 13.1 Å². The fraction of sp³-hybridized carbons (Fsp3) is 0.292. The predicted octanol–water partition coefficient (Wildman–Crippen LogP) is 3.87. The molecule has 2 saturated heterocycles. The molecule has 4 rings (SSSR count). The van der Waals surface area contributed by atoms with E-state index in [4.69, 9.17) is 26.4 Å². The van der Waals surface area contributed by atoms with Crippen molar-refractivity contribution in [3.05, 3.63) is 58.8 Å². The third kappa shape index (κ3) is 5.57. The summed E-state index contributed by atoms with van der Waals surface area (Å²) in [4.78, 5) is 28.9. The molecule has 2 aliphatic heterocycles. The van der Waals surface area contributed by atoms with Crippen LogP contribution in [-0.4, -0.2) is 60.6 Å². The van der Waals surface area contributed by atoms with Crippen LogP contribution >= 0.6 is 24.0 Å². The molecule has 0 bridgehead atoms. The third-order valence-electron chi connectivity index (χ3n) is 5.16. The zero-order valence-corrected chi connectivity index (χ0v) is 20.1. The Bertz CT molecular complexity index is 1120. The largest absolute Gasteiger partial charge is 0.490 e. The summed E-state index contributed by atoms with van der Waals surface area (Å²) in [6, 6.07) is 10.8. The number of morpholine rings is 1. The third-order valence-corrected chi connectivity index (χ3v) is 6.46. The van der Waals surface area contributed by atoms with Gasteiger partial charge in [0.1, 0.15) is 5.82 Å². The molecule has 2 heterocycles. The Morgan fingerprint density at radius 2 is 1.88 bits per heavy atom. The number of thiocarbonyl (C=S) groups is 1. The van der Waals surface area contributed by atoms with Crippen molar-refractivity contribution in [3.63, 3.8) is 0 Å². The van der Waals surface area contributed by atoms with Gasteiger partial charge in [0.05, 0.1) is 30.4 Å². The molecule has 0 aromatic heterocycles. The summed E-state index contributed by atoms with van der Waals surface area (Å²) >= 11 is 6.54. The second kappa shape index (κ2) is 11.0. The SMILES string of the molecule is CCOc1cc(/C=C2\SC(=S)N(c3ccc(F)cc3)C2=O)ccc1OCC(=O)N1CCOCC1. The van der Waals surface area contributed by atoms with E-state index in [0.717, 1.165) is 5.56 Å². The minimum absolute atomic E-state index is 0.101. The van der Waals surface area contributed by atoms with Crippen LogP contribution in [0.4, 0.5) is 10.1 Å². The van der Waals surface area contributed by atoms with Gasteiger partial charge in [-0.1, -0.05) is 30.0 Å². The number of thioether (sulfide) groups is 1. The first-order valence-electron chi connectivity index (χ1n) is 10.7. The van der Waals surface area contributed by atoms with Gasteiger partial charge in [-0.25, -0.2) is 4.39 Å². The molecule has 0 radical (unpaired) electrons. The van der Waals surface area contributed by atoms with E-state index in [2.05, 4.69) is 0 Å². The summed E-state index contributed by atoms with van der Waals surface area (Å²) in [7, 11) is 0. The van der Waals surface area contributed by atoms with Crippen LogP contribution in [0.25, 0.3) is 6.08 Å². The first-order chi connectivity index (χ1) is 16.5. The van der Waals surface area contributed by atoms with E-state index in [1.807, 2.05) is 6.92 Å². The van der Waals surface area contributed by atoms with E-state index in [1.54, 1.807) is 29.2 Å². The number of benzene rings is 2. The Morgan fingerprint density at radius 3 is 2.59 bits per heavy atom. The quantitative estimate of drug-likeness (QED) is 0.421. The highest BCUT2D eigenvalue weighted by molar-refractivity contribution is 8.27.